The van der Waals surface area contributed by atoms with Crippen LogP contribution in [0.3, 0.4) is 0 Å². The summed E-state index contributed by atoms with van der Waals surface area (Å²) in [4.78, 5) is 40.5. The van der Waals surface area contributed by atoms with Crippen molar-refractivity contribution in [2.24, 2.45) is 0 Å². The van der Waals surface area contributed by atoms with Gasteiger partial charge in [0.1, 0.15) is 12.1 Å². The lowest BCUT2D eigenvalue weighted by Gasteiger charge is -2.23. The minimum absolute atomic E-state index is 0.0845. The maximum absolute atomic E-state index is 13.6. The van der Waals surface area contributed by atoms with E-state index in [2.05, 4.69) is 5.32 Å². The Morgan fingerprint density at radius 2 is 1.96 bits per heavy atom. The fraction of sp³-hybridized carbons (Fsp3) is 0.278. The molecule has 1 atom stereocenters. The van der Waals surface area contributed by atoms with Gasteiger partial charge in [-0.2, -0.15) is 0 Å². The number of hydrogen-bond donors (Lipinski definition) is 1. The molecule has 3 rings (SSSR count). The first-order chi connectivity index (χ1) is 13.1. The molecule has 1 aromatic carbocycles. The van der Waals surface area contributed by atoms with Crippen molar-refractivity contribution in [1.29, 1.82) is 0 Å². The van der Waals surface area contributed by atoms with Crippen molar-refractivity contribution in [1.82, 2.24) is 15.1 Å². The van der Waals surface area contributed by atoms with E-state index < -0.39 is 41.6 Å². The highest BCUT2D eigenvalue weighted by molar-refractivity contribution is 7.16. The predicted octanol–water partition coefficient (Wildman–Crippen LogP) is 3.11. The van der Waals surface area contributed by atoms with Crippen LogP contribution in [-0.2, 0) is 21.7 Å². The molecule has 0 spiro atoms. The second kappa shape index (κ2) is 7.48. The van der Waals surface area contributed by atoms with Crippen molar-refractivity contribution in [2.75, 3.05) is 13.6 Å². The van der Waals surface area contributed by atoms with Crippen LogP contribution >= 0.6 is 22.9 Å². The number of nitrogens with zero attached hydrogens (tertiary/aromatic N) is 2. The maximum atomic E-state index is 13.6. The summed E-state index contributed by atoms with van der Waals surface area (Å²) in [6.07, 6.45) is 0. The molecule has 2 heterocycles. The Morgan fingerprint density at radius 3 is 2.57 bits per heavy atom. The highest BCUT2D eigenvalue weighted by Gasteiger charge is 2.49. The quantitative estimate of drug-likeness (QED) is 0.745. The molecule has 1 aliphatic heterocycles. The highest BCUT2D eigenvalue weighted by atomic mass is 35.5. The molecule has 0 bridgehead atoms. The van der Waals surface area contributed by atoms with Crippen molar-refractivity contribution < 1.29 is 23.2 Å². The number of thiophene rings is 1. The molecule has 0 saturated carbocycles. The zero-order valence-corrected chi connectivity index (χ0v) is 16.5. The first-order valence-electron chi connectivity index (χ1n) is 8.19. The number of imide groups is 1. The van der Waals surface area contributed by atoms with Crippen LogP contribution in [0.5, 0.6) is 0 Å². The van der Waals surface area contributed by atoms with E-state index in [4.69, 9.17) is 11.6 Å². The molecule has 10 heteroatoms. The molecule has 1 N–H and O–H groups in total. The van der Waals surface area contributed by atoms with Gasteiger partial charge in [0.05, 0.1) is 10.9 Å². The van der Waals surface area contributed by atoms with Crippen molar-refractivity contribution in [3.05, 3.63) is 56.7 Å². The van der Waals surface area contributed by atoms with Crippen LogP contribution in [0, 0.1) is 11.6 Å². The molecule has 6 nitrogen and oxygen atoms in total. The maximum Gasteiger partial charge on any atom is 0.325 e. The number of rotatable bonds is 5. The number of amides is 4. The van der Waals surface area contributed by atoms with E-state index in [1.54, 1.807) is 19.2 Å². The van der Waals surface area contributed by atoms with Crippen molar-refractivity contribution in [3.63, 3.8) is 0 Å². The van der Waals surface area contributed by atoms with Gasteiger partial charge >= 0.3 is 6.03 Å². The first kappa shape index (κ1) is 20.2. The topological polar surface area (TPSA) is 69.7 Å². The Hall–Kier alpha value is -2.52. The summed E-state index contributed by atoms with van der Waals surface area (Å²) in [5.41, 5.74) is -1.51. The number of benzene rings is 1. The summed E-state index contributed by atoms with van der Waals surface area (Å²) >= 11 is 7.19. The number of carbonyl (C=O) groups excluding carboxylic acids is 3. The fourth-order valence-corrected chi connectivity index (χ4v) is 4.00. The average molecular weight is 428 g/mol. The number of nitrogens with one attached hydrogen (secondary N) is 1. The molecule has 148 valence electrons. The molecule has 28 heavy (non-hydrogen) atoms. The van der Waals surface area contributed by atoms with Gasteiger partial charge in [-0.25, -0.2) is 13.6 Å². The fourth-order valence-electron chi connectivity index (χ4n) is 2.86. The molecule has 0 aliphatic carbocycles. The third-order valence-corrected chi connectivity index (χ3v) is 5.73. The number of carbonyl (C=O) groups is 3. The van der Waals surface area contributed by atoms with Crippen LogP contribution in [-0.4, -0.2) is 41.2 Å². The zero-order chi connectivity index (χ0) is 20.6. The van der Waals surface area contributed by atoms with Crippen LogP contribution in [0.2, 0.25) is 4.34 Å². The summed E-state index contributed by atoms with van der Waals surface area (Å²) < 4.78 is 27.3. The van der Waals surface area contributed by atoms with E-state index in [1.165, 1.54) is 29.2 Å². The van der Waals surface area contributed by atoms with Gasteiger partial charge in [-0.1, -0.05) is 17.7 Å². The molecule has 1 saturated heterocycles. The highest BCUT2D eigenvalue weighted by Crippen LogP contribution is 2.30. The van der Waals surface area contributed by atoms with Gasteiger partial charge in [0.2, 0.25) is 5.91 Å². The van der Waals surface area contributed by atoms with E-state index in [0.717, 1.165) is 21.9 Å². The van der Waals surface area contributed by atoms with Crippen LogP contribution in [0.4, 0.5) is 13.6 Å². The SMILES string of the molecule is CN(Cc1ccc(Cl)s1)C(=O)CN1C(=O)NC(C)(c2ccc(F)c(F)c2)C1=O. The lowest BCUT2D eigenvalue weighted by Crippen LogP contribution is -2.43. The van der Waals surface area contributed by atoms with Gasteiger partial charge in [-0.15, -0.1) is 11.3 Å². The van der Waals surface area contributed by atoms with Gasteiger partial charge in [-0.05, 0) is 36.8 Å². The van der Waals surface area contributed by atoms with Gasteiger partial charge in [0.25, 0.3) is 5.91 Å². The normalized spacial score (nSPS) is 19.1. The second-order valence-corrected chi connectivity index (χ2v) is 8.33. The Bertz CT molecular complexity index is 967. The number of urea groups is 1. The van der Waals surface area contributed by atoms with Gasteiger partial charge in [0, 0.05) is 11.9 Å². The van der Waals surface area contributed by atoms with Crippen molar-refractivity contribution >= 4 is 40.8 Å². The number of halogens is 3. The Kier molecular flexibility index (Phi) is 5.40. The Labute approximate surface area is 168 Å². The molecular formula is C18H16ClF2N3O3S. The van der Waals surface area contributed by atoms with Gasteiger partial charge in [0.15, 0.2) is 11.6 Å². The van der Waals surface area contributed by atoms with Crippen molar-refractivity contribution in [3.8, 4) is 0 Å². The predicted molar refractivity (Wildman–Crippen MR) is 99.8 cm³/mol. The molecular weight excluding hydrogens is 412 g/mol. The minimum Gasteiger partial charge on any atom is -0.339 e. The van der Waals surface area contributed by atoms with E-state index in [9.17, 15) is 23.2 Å². The standard InChI is InChI=1S/C18H16ClF2N3O3S/c1-18(10-3-5-12(20)13(21)7-10)16(26)24(17(27)22-18)9-15(25)23(2)8-11-4-6-14(19)28-11/h3-7H,8-9H2,1-2H3,(H,22,27). The van der Waals surface area contributed by atoms with E-state index in [-0.39, 0.29) is 12.1 Å². The van der Waals surface area contributed by atoms with Crippen molar-refractivity contribution in [2.45, 2.75) is 19.0 Å². The summed E-state index contributed by atoms with van der Waals surface area (Å²) in [5, 5.41) is 2.45. The van der Waals surface area contributed by atoms with E-state index in [1.807, 2.05) is 0 Å². The summed E-state index contributed by atoms with van der Waals surface area (Å²) in [6.45, 7) is 1.18. The van der Waals surface area contributed by atoms with Crippen LogP contribution in [0.1, 0.15) is 17.4 Å². The summed E-state index contributed by atoms with van der Waals surface area (Å²) in [6, 6.07) is 5.66. The average Bonchev–Trinajstić information content (AvgIpc) is 3.13. The molecule has 0 radical (unpaired) electrons. The second-order valence-electron chi connectivity index (χ2n) is 6.53. The Morgan fingerprint density at radius 1 is 1.25 bits per heavy atom. The lowest BCUT2D eigenvalue weighted by molar-refractivity contribution is -0.138. The largest absolute Gasteiger partial charge is 0.339 e. The van der Waals surface area contributed by atoms with E-state index >= 15 is 0 Å². The molecule has 1 fully saturated rings. The number of hydrogen-bond acceptors (Lipinski definition) is 4. The van der Waals surface area contributed by atoms with Crippen LogP contribution in [0.15, 0.2) is 30.3 Å². The third kappa shape index (κ3) is 3.72. The molecule has 4 amide bonds. The molecule has 1 unspecified atom stereocenters. The van der Waals surface area contributed by atoms with Crippen LogP contribution < -0.4 is 5.32 Å². The smallest absolute Gasteiger partial charge is 0.325 e. The molecule has 1 aliphatic rings. The first-order valence-corrected chi connectivity index (χ1v) is 9.39. The summed E-state index contributed by atoms with van der Waals surface area (Å²) in [5.74, 6) is -3.37. The van der Waals surface area contributed by atoms with E-state index in [0.29, 0.717) is 4.34 Å². The van der Waals surface area contributed by atoms with Gasteiger partial charge < -0.3 is 10.2 Å². The number of likely N-dealkylation sites (N-methyl/N-ethyl adjacent to an activating group) is 1. The van der Waals surface area contributed by atoms with Crippen LogP contribution in [0.25, 0.3) is 0 Å². The minimum atomic E-state index is -1.59. The molecule has 1 aromatic heterocycles. The monoisotopic (exact) mass is 427 g/mol. The zero-order valence-electron chi connectivity index (χ0n) is 15.0. The summed E-state index contributed by atoms with van der Waals surface area (Å²) in [7, 11) is 1.54. The van der Waals surface area contributed by atoms with Gasteiger partial charge in [-0.3, -0.25) is 14.5 Å². The molecule has 2 aromatic rings. The Balaban J connectivity index is 1.74. The lowest BCUT2D eigenvalue weighted by atomic mass is 9.92. The third-order valence-electron chi connectivity index (χ3n) is 4.51.